The largest absolute Gasteiger partial charge is 0.496 e. The molecule has 0 fully saturated rings. The summed E-state index contributed by atoms with van der Waals surface area (Å²) in [6.45, 7) is 1.54. The van der Waals surface area contributed by atoms with Crippen LogP contribution in [-0.4, -0.2) is 39.3 Å². The van der Waals surface area contributed by atoms with E-state index in [2.05, 4.69) is 21.2 Å². The van der Waals surface area contributed by atoms with Crippen LogP contribution in [0.5, 0.6) is 5.75 Å². The third kappa shape index (κ3) is 4.84. The summed E-state index contributed by atoms with van der Waals surface area (Å²) < 4.78 is 32.2. The maximum absolute atomic E-state index is 12.5. The summed E-state index contributed by atoms with van der Waals surface area (Å²) in [6.07, 6.45) is 0. The van der Waals surface area contributed by atoms with Gasteiger partial charge in [-0.25, -0.2) is 8.42 Å². The van der Waals surface area contributed by atoms with Crippen molar-refractivity contribution in [2.75, 3.05) is 20.7 Å². The summed E-state index contributed by atoms with van der Waals surface area (Å²) in [5.41, 5.74) is 0.821. The molecule has 0 aliphatic rings. The Balaban J connectivity index is 2.05. The van der Waals surface area contributed by atoms with Crippen LogP contribution in [0, 0.1) is 0 Å². The van der Waals surface area contributed by atoms with Crippen molar-refractivity contribution in [3.05, 3.63) is 58.6 Å². The molecule has 0 unspecified atom stereocenters. The third-order valence-electron chi connectivity index (χ3n) is 3.87. The molecule has 0 aromatic heterocycles. The standard InChI is InChI=1S/C18H21BrN2O4S/c1-13(16-6-4-5-7-17(16)25-3)20-18(22)12-21(2)26(23,24)15-10-8-14(19)9-11-15/h4-11,13H,12H2,1-3H3,(H,20,22)/t13-/m1/s1. The first kappa shape index (κ1) is 20.4. The topological polar surface area (TPSA) is 75.7 Å². The van der Waals surface area contributed by atoms with Crippen molar-refractivity contribution in [3.63, 3.8) is 0 Å². The minimum atomic E-state index is -3.74. The van der Waals surface area contributed by atoms with Crippen LogP contribution in [0.15, 0.2) is 57.9 Å². The predicted molar refractivity (Wildman–Crippen MR) is 104 cm³/mol. The molecule has 1 N–H and O–H groups in total. The van der Waals surface area contributed by atoms with Gasteiger partial charge in [0.1, 0.15) is 5.75 Å². The number of carbonyl (C=O) groups excluding carboxylic acids is 1. The van der Waals surface area contributed by atoms with Crippen molar-refractivity contribution in [2.45, 2.75) is 17.9 Å². The van der Waals surface area contributed by atoms with Gasteiger partial charge in [-0.3, -0.25) is 4.79 Å². The fourth-order valence-electron chi connectivity index (χ4n) is 2.46. The van der Waals surface area contributed by atoms with E-state index in [1.165, 1.54) is 19.2 Å². The summed E-state index contributed by atoms with van der Waals surface area (Å²) in [6, 6.07) is 13.3. The number of methoxy groups -OCH3 is 1. The molecule has 0 radical (unpaired) electrons. The van der Waals surface area contributed by atoms with Gasteiger partial charge in [0.05, 0.1) is 24.6 Å². The van der Waals surface area contributed by atoms with Crippen LogP contribution in [0.1, 0.15) is 18.5 Å². The Hall–Kier alpha value is -1.90. The molecule has 1 atom stereocenters. The van der Waals surface area contributed by atoms with Gasteiger partial charge in [-0.05, 0) is 37.3 Å². The second-order valence-electron chi connectivity index (χ2n) is 5.75. The molecule has 0 spiro atoms. The van der Waals surface area contributed by atoms with E-state index in [0.717, 1.165) is 14.3 Å². The highest BCUT2D eigenvalue weighted by molar-refractivity contribution is 9.10. The molecule has 2 rings (SSSR count). The highest BCUT2D eigenvalue weighted by atomic mass is 79.9. The van der Waals surface area contributed by atoms with Gasteiger partial charge in [0, 0.05) is 17.1 Å². The number of sulfonamides is 1. The minimum Gasteiger partial charge on any atom is -0.496 e. The smallest absolute Gasteiger partial charge is 0.243 e. The third-order valence-corrected chi connectivity index (χ3v) is 6.22. The maximum Gasteiger partial charge on any atom is 0.243 e. The Bertz CT molecular complexity index is 869. The Morgan fingerprint density at radius 2 is 1.81 bits per heavy atom. The lowest BCUT2D eigenvalue weighted by atomic mass is 10.1. The highest BCUT2D eigenvalue weighted by Crippen LogP contribution is 2.24. The number of benzene rings is 2. The van der Waals surface area contributed by atoms with Crippen LogP contribution < -0.4 is 10.1 Å². The monoisotopic (exact) mass is 440 g/mol. The van der Waals surface area contributed by atoms with Crippen LogP contribution in [0.2, 0.25) is 0 Å². The molecular weight excluding hydrogens is 420 g/mol. The van der Waals surface area contributed by atoms with Crippen molar-refractivity contribution in [1.82, 2.24) is 9.62 Å². The second-order valence-corrected chi connectivity index (χ2v) is 8.71. The predicted octanol–water partition coefficient (Wildman–Crippen LogP) is 2.96. The van der Waals surface area contributed by atoms with Gasteiger partial charge >= 0.3 is 0 Å². The summed E-state index contributed by atoms with van der Waals surface area (Å²) in [7, 11) is -0.796. The number of hydrogen-bond acceptors (Lipinski definition) is 4. The van der Waals surface area contributed by atoms with Crippen LogP contribution >= 0.6 is 15.9 Å². The first-order valence-electron chi connectivity index (χ1n) is 7.90. The Morgan fingerprint density at radius 1 is 1.19 bits per heavy atom. The van der Waals surface area contributed by atoms with Gasteiger partial charge in [-0.2, -0.15) is 4.31 Å². The lowest BCUT2D eigenvalue weighted by Crippen LogP contribution is -2.39. The van der Waals surface area contributed by atoms with Gasteiger partial charge in [0.25, 0.3) is 0 Å². The SMILES string of the molecule is COc1ccccc1[C@@H](C)NC(=O)CN(C)S(=O)(=O)c1ccc(Br)cc1. The van der Waals surface area contributed by atoms with E-state index < -0.39 is 15.9 Å². The molecule has 8 heteroatoms. The van der Waals surface area contributed by atoms with E-state index in [1.807, 2.05) is 31.2 Å². The van der Waals surface area contributed by atoms with Crippen molar-refractivity contribution in [3.8, 4) is 5.75 Å². The van der Waals surface area contributed by atoms with Crippen LogP contribution in [-0.2, 0) is 14.8 Å². The Labute approximate surface area is 162 Å². The van der Waals surface area contributed by atoms with Gasteiger partial charge < -0.3 is 10.1 Å². The first-order valence-corrected chi connectivity index (χ1v) is 10.1. The number of hydrogen-bond donors (Lipinski definition) is 1. The van der Waals surface area contributed by atoms with E-state index in [4.69, 9.17) is 4.74 Å². The molecule has 0 saturated carbocycles. The normalized spacial score (nSPS) is 12.7. The number of nitrogens with one attached hydrogen (secondary N) is 1. The molecule has 140 valence electrons. The highest BCUT2D eigenvalue weighted by Gasteiger charge is 2.24. The van der Waals surface area contributed by atoms with E-state index in [0.29, 0.717) is 5.75 Å². The minimum absolute atomic E-state index is 0.133. The zero-order chi connectivity index (χ0) is 19.3. The van der Waals surface area contributed by atoms with Crippen LogP contribution in [0.4, 0.5) is 0 Å². The molecule has 0 aliphatic heterocycles. The molecule has 6 nitrogen and oxygen atoms in total. The number of likely N-dealkylation sites (N-methyl/N-ethyl adjacent to an activating group) is 1. The van der Waals surface area contributed by atoms with Gasteiger partial charge in [0.2, 0.25) is 15.9 Å². The van der Waals surface area contributed by atoms with Crippen molar-refractivity contribution >= 4 is 31.9 Å². The number of para-hydroxylation sites is 1. The Morgan fingerprint density at radius 3 is 2.42 bits per heavy atom. The summed E-state index contributed by atoms with van der Waals surface area (Å²) in [4.78, 5) is 12.4. The molecule has 2 aromatic carbocycles. The van der Waals surface area contributed by atoms with E-state index in [9.17, 15) is 13.2 Å². The van der Waals surface area contributed by atoms with Crippen molar-refractivity contribution < 1.29 is 17.9 Å². The maximum atomic E-state index is 12.5. The molecule has 0 heterocycles. The molecular formula is C18H21BrN2O4S. The number of ether oxygens (including phenoxy) is 1. The number of amides is 1. The summed E-state index contributed by atoms with van der Waals surface area (Å²) >= 11 is 3.27. The quantitative estimate of drug-likeness (QED) is 0.717. The number of halogens is 1. The lowest BCUT2D eigenvalue weighted by Gasteiger charge is -2.20. The second kappa shape index (κ2) is 8.66. The summed E-state index contributed by atoms with van der Waals surface area (Å²) in [5, 5.41) is 2.80. The van der Waals surface area contributed by atoms with Crippen LogP contribution in [0.3, 0.4) is 0 Å². The number of rotatable bonds is 7. The van der Waals surface area contributed by atoms with Crippen molar-refractivity contribution in [1.29, 1.82) is 0 Å². The number of carbonyl (C=O) groups is 1. The first-order chi connectivity index (χ1) is 12.3. The van der Waals surface area contributed by atoms with Crippen molar-refractivity contribution in [2.24, 2.45) is 0 Å². The number of nitrogens with zero attached hydrogens (tertiary/aromatic N) is 1. The fourth-order valence-corrected chi connectivity index (χ4v) is 3.85. The van der Waals surface area contributed by atoms with E-state index >= 15 is 0 Å². The van der Waals surface area contributed by atoms with Crippen LogP contribution in [0.25, 0.3) is 0 Å². The zero-order valence-electron chi connectivity index (χ0n) is 14.8. The van der Waals surface area contributed by atoms with Gasteiger partial charge in [-0.1, -0.05) is 34.1 Å². The molecule has 1 amide bonds. The van der Waals surface area contributed by atoms with E-state index in [1.54, 1.807) is 19.2 Å². The van der Waals surface area contributed by atoms with E-state index in [-0.39, 0.29) is 17.5 Å². The Kier molecular flexibility index (Phi) is 6.80. The summed E-state index contributed by atoms with van der Waals surface area (Å²) in [5.74, 6) is 0.266. The lowest BCUT2D eigenvalue weighted by molar-refractivity contribution is -0.121. The molecule has 0 bridgehead atoms. The average Bonchev–Trinajstić information content (AvgIpc) is 2.61. The fraction of sp³-hybridized carbons (Fsp3) is 0.278. The molecule has 0 saturated heterocycles. The average molecular weight is 441 g/mol. The molecule has 0 aliphatic carbocycles. The van der Waals surface area contributed by atoms with Gasteiger partial charge in [-0.15, -0.1) is 0 Å². The zero-order valence-corrected chi connectivity index (χ0v) is 17.2. The van der Waals surface area contributed by atoms with Gasteiger partial charge in [0.15, 0.2) is 0 Å². The molecule has 2 aromatic rings. The molecule has 26 heavy (non-hydrogen) atoms.